The predicted octanol–water partition coefficient (Wildman–Crippen LogP) is 3.23. The SMILES string of the molecule is COC(=O)[C@H](NC(=O)c1ccccc1)c1nnc(Nc2ccc(C)cc2)s1. The largest absolute Gasteiger partial charge is 0.467 e. The summed E-state index contributed by atoms with van der Waals surface area (Å²) in [7, 11) is 1.26. The summed E-state index contributed by atoms with van der Waals surface area (Å²) in [5, 5.41) is 14.7. The van der Waals surface area contributed by atoms with Crippen LogP contribution >= 0.6 is 11.3 Å². The van der Waals surface area contributed by atoms with Crippen LogP contribution in [-0.4, -0.2) is 29.2 Å². The third kappa shape index (κ3) is 4.68. The summed E-state index contributed by atoms with van der Waals surface area (Å²) in [6.45, 7) is 2.00. The van der Waals surface area contributed by atoms with Crippen LogP contribution in [0.5, 0.6) is 0 Å². The van der Waals surface area contributed by atoms with Crippen LogP contribution in [0.25, 0.3) is 0 Å². The second-order valence-corrected chi connectivity index (χ2v) is 6.74. The summed E-state index contributed by atoms with van der Waals surface area (Å²) in [4.78, 5) is 24.6. The molecule has 3 aromatic rings. The van der Waals surface area contributed by atoms with Crippen LogP contribution in [-0.2, 0) is 9.53 Å². The summed E-state index contributed by atoms with van der Waals surface area (Å²) < 4.78 is 4.81. The molecule has 0 aliphatic carbocycles. The summed E-state index contributed by atoms with van der Waals surface area (Å²) >= 11 is 1.17. The topological polar surface area (TPSA) is 93.2 Å². The van der Waals surface area contributed by atoms with Gasteiger partial charge in [-0.15, -0.1) is 10.2 Å². The molecule has 27 heavy (non-hydrogen) atoms. The Hall–Kier alpha value is -3.26. The molecule has 1 atom stereocenters. The van der Waals surface area contributed by atoms with Crippen LogP contribution in [0.1, 0.15) is 27.0 Å². The number of nitrogens with one attached hydrogen (secondary N) is 2. The maximum absolute atomic E-state index is 12.4. The highest BCUT2D eigenvalue weighted by Crippen LogP contribution is 2.26. The van der Waals surface area contributed by atoms with Crippen molar-refractivity contribution in [3.8, 4) is 0 Å². The Morgan fingerprint density at radius 2 is 1.74 bits per heavy atom. The van der Waals surface area contributed by atoms with Gasteiger partial charge in [0.1, 0.15) is 0 Å². The first-order chi connectivity index (χ1) is 13.1. The monoisotopic (exact) mass is 382 g/mol. The van der Waals surface area contributed by atoms with E-state index in [1.807, 2.05) is 37.3 Å². The molecule has 1 amide bonds. The standard InChI is InChI=1S/C19H18N4O3S/c1-12-8-10-14(11-9-12)20-19-23-22-17(27-19)15(18(25)26-2)21-16(24)13-6-4-3-5-7-13/h3-11,15H,1-2H3,(H,20,23)(H,21,24)/t15-/m1/s1. The number of methoxy groups -OCH3 is 1. The van der Waals surface area contributed by atoms with Gasteiger partial charge in [0.05, 0.1) is 7.11 Å². The Morgan fingerprint density at radius 3 is 2.41 bits per heavy atom. The van der Waals surface area contributed by atoms with Crippen molar-refractivity contribution in [1.82, 2.24) is 15.5 Å². The summed E-state index contributed by atoms with van der Waals surface area (Å²) in [5.74, 6) is -1.01. The van der Waals surface area contributed by atoms with Crippen molar-refractivity contribution >= 4 is 34.0 Å². The molecule has 0 aliphatic rings. The molecule has 2 aromatic carbocycles. The highest BCUT2D eigenvalue weighted by molar-refractivity contribution is 7.15. The fraction of sp³-hybridized carbons (Fsp3) is 0.158. The second kappa shape index (κ2) is 8.41. The highest BCUT2D eigenvalue weighted by atomic mass is 32.1. The summed E-state index contributed by atoms with van der Waals surface area (Å²) in [5.41, 5.74) is 2.44. The van der Waals surface area contributed by atoms with Crippen LogP contribution in [0.4, 0.5) is 10.8 Å². The van der Waals surface area contributed by atoms with E-state index >= 15 is 0 Å². The van der Waals surface area contributed by atoms with E-state index in [1.165, 1.54) is 18.4 Å². The van der Waals surface area contributed by atoms with Gasteiger partial charge in [0.25, 0.3) is 5.91 Å². The zero-order chi connectivity index (χ0) is 19.2. The summed E-state index contributed by atoms with van der Waals surface area (Å²) in [6, 6.07) is 15.4. The molecule has 0 aliphatic heterocycles. The number of carbonyl (C=O) groups is 2. The van der Waals surface area contributed by atoms with E-state index in [4.69, 9.17) is 4.74 Å². The van der Waals surface area contributed by atoms with Gasteiger partial charge in [0, 0.05) is 11.3 Å². The molecule has 3 rings (SSSR count). The number of anilines is 2. The molecule has 0 fully saturated rings. The molecule has 1 aromatic heterocycles. The number of esters is 1. The molecule has 2 N–H and O–H groups in total. The number of hydrogen-bond donors (Lipinski definition) is 2. The van der Waals surface area contributed by atoms with E-state index in [1.54, 1.807) is 24.3 Å². The molecule has 0 spiro atoms. The van der Waals surface area contributed by atoms with E-state index in [2.05, 4.69) is 20.8 Å². The van der Waals surface area contributed by atoms with Gasteiger partial charge >= 0.3 is 5.97 Å². The van der Waals surface area contributed by atoms with Gasteiger partial charge in [-0.3, -0.25) is 4.79 Å². The average Bonchev–Trinajstić information content (AvgIpc) is 3.16. The number of rotatable bonds is 6. The number of aromatic nitrogens is 2. The van der Waals surface area contributed by atoms with Crippen LogP contribution in [0.15, 0.2) is 54.6 Å². The number of carbonyl (C=O) groups excluding carboxylic acids is 2. The third-order valence-electron chi connectivity index (χ3n) is 3.74. The van der Waals surface area contributed by atoms with Gasteiger partial charge in [-0.1, -0.05) is 47.2 Å². The molecule has 1 heterocycles. The molecule has 0 unspecified atom stereocenters. The average molecular weight is 382 g/mol. The Morgan fingerprint density at radius 1 is 1.04 bits per heavy atom. The molecular weight excluding hydrogens is 364 g/mol. The van der Waals surface area contributed by atoms with Gasteiger partial charge in [-0.05, 0) is 31.2 Å². The predicted molar refractivity (Wildman–Crippen MR) is 103 cm³/mol. The van der Waals surface area contributed by atoms with Gasteiger partial charge < -0.3 is 15.4 Å². The molecule has 138 valence electrons. The lowest BCUT2D eigenvalue weighted by atomic mass is 10.2. The lowest BCUT2D eigenvalue weighted by Gasteiger charge is -2.13. The normalized spacial score (nSPS) is 11.5. The number of ether oxygens (including phenoxy) is 1. The van der Waals surface area contributed by atoms with Crippen molar-refractivity contribution < 1.29 is 14.3 Å². The Kier molecular flexibility index (Phi) is 5.77. The first-order valence-electron chi connectivity index (χ1n) is 8.17. The Bertz CT molecular complexity index is 926. The van der Waals surface area contributed by atoms with Crippen LogP contribution < -0.4 is 10.6 Å². The van der Waals surface area contributed by atoms with Crippen molar-refractivity contribution in [2.75, 3.05) is 12.4 Å². The number of amides is 1. The molecule has 7 nitrogen and oxygen atoms in total. The van der Waals surface area contributed by atoms with Crippen molar-refractivity contribution in [3.63, 3.8) is 0 Å². The number of aryl methyl sites for hydroxylation is 1. The lowest BCUT2D eigenvalue weighted by molar-refractivity contribution is -0.143. The smallest absolute Gasteiger partial charge is 0.335 e. The van der Waals surface area contributed by atoms with E-state index in [0.29, 0.717) is 15.7 Å². The van der Waals surface area contributed by atoms with Gasteiger partial charge in [0.2, 0.25) is 5.13 Å². The fourth-order valence-corrected chi connectivity index (χ4v) is 3.11. The number of nitrogens with zero attached hydrogens (tertiary/aromatic N) is 2. The number of benzene rings is 2. The van der Waals surface area contributed by atoms with Crippen LogP contribution in [0, 0.1) is 6.92 Å². The highest BCUT2D eigenvalue weighted by Gasteiger charge is 2.28. The lowest BCUT2D eigenvalue weighted by Crippen LogP contribution is -2.34. The van der Waals surface area contributed by atoms with E-state index < -0.39 is 17.9 Å². The van der Waals surface area contributed by atoms with Gasteiger partial charge in [-0.2, -0.15) is 0 Å². The molecule has 8 heteroatoms. The fourth-order valence-electron chi connectivity index (χ4n) is 2.31. The molecule has 0 saturated carbocycles. The van der Waals surface area contributed by atoms with Gasteiger partial charge in [-0.25, -0.2) is 4.79 Å². The molecule has 0 radical (unpaired) electrons. The van der Waals surface area contributed by atoms with Crippen LogP contribution in [0.2, 0.25) is 0 Å². The van der Waals surface area contributed by atoms with E-state index in [0.717, 1.165) is 11.3 Å². The minimum absolute atomic E-state index is 0.334. The Labute approximate surface area is 160 Å². The van der Waals surface area contributed by atoms with Crippen molar-refractivity contribution in [2.45, 2.75) is 13.0 Å². The van der Waals surface area contributed by atoms with E-state index in [-0.39, 0.29) is 0 Å². The minimum Gasteiger partial charge on any atom is -0.467 e. The zero-order valence-electron chi connectivity index (χ0n) is 14.8. The zero-order valence-corrected chi connectivity index (χ0v) is 15.6. The number of hydrogen-bond acceptors (Lipinski definition) is 7. The molecular formula is C19H18N4O3S. The first-order valence-corrected chi connectivity index (χ1v) is 8.99. The van der Waals surface area contributed by atoms with Gasteiger partial charge in [0.15, 0.2) is 11.0 Å². The summed E-state index contributed by atoms with van der Waals surface area (Å²) in [6.07, 6.45) is 0. The maximum atomic E-state index is 12.4. The van der Waals surface area contributed by atoms with Crippen molar-refractivity contribution in [3.05, 3.63) is 70.7 Å². The Balaban J connectivity index is 1.77. The molecule has 0 bridgehead atoms. The third-order valence-corrected chi connectivity index (χ3v) is 4.64. The minimum atomic E-state index is -1.03. The van der Waals surface area contributed by atoms with E-state index in [9.17, 15) is 9.59 Å². The van der Waals surface area contributed by atoms with Crippen molar-refractivity contribution in [2.24, 2.45) is 0 Å². The van der Waals surface area contributed by atoms with Crippen LogP contribution in [0.3, 0.4) is 0 Å². The maximum Gasteiger partial charge on any atom is 0.335 e. The first kappa shape index (κ1) is 18.5. The molecule has 0 saturated heterocycles. The van der Waals surface area contributed by atoms with Crippen molar-refractivity contribution in [1.29, 1.82) is 0 Å². The second-order valence-electron chi connectivity index (χ2n) is 5.73. The quantitative estimate of drug-likeness (QED) is 0.636.